The van der Waals surface area contributed by atoms with Gasteiger partial charge in [0.25, 0.3) is 11.8 Å². The minimum atomic E-state index is -0.305. The fourth-order valence-electron chi connectivity index (χ4n) is 3.41. The van der Waals surface area contributed by atoms with Gasteiger partial charge in [0.15, 0.2) is 5.13 Å². The molecule has 0 atom stereocenters. The van der Waals surface area contributed by atoms with Crippen LogP contribution in [0.4, 0.5) is 10.8 Å². The van der Waals surface area contributed by atoms with Crippen molar-refractivity contribution in [1.82, 2.24) is 10.3 Å². The maximum Gasteiger partial charge on any atom is 0.257 e. The smallest absolute Gasteiger partial charge is 0.257 e. The Morgan fingerprint density at radius 3 is 2.23 bits per heavy atom. The summed E-state index contributed by atoms with van der Waals surface area (Å²) >= 11 is 1.25. The fourth-order valence-corrected chi connectivity index (χ4v) is 4.12. The van der Waals surface area contributed by atoms with Gasteiger partial charge in [-0.15, -0.1) is 11.3 Å². The molecule has 0 fully saturated rings. The van der Waals surface area contributed by atoms with Crippen LogP contribution in [0.15, 0.2) is 90.3 Å². The molecule has 7 nitrogen and oxygen atoms in total. The van der Waals surface area contributed by atoms with E-state index in [0.717, 1.165) is 5.56 Å². The number of anilines is 2. The van der Waals surface area contributed by atoms with Gasteiger partial charge >= 0.3 is 0 Å². The molecule has 0 bridgehead atoms. The third kappa shape index (κ3) is 6.84. The van der Waals surface area contributed by atoms with Gasteiger partial charge in [0, 0.05) is 17.5 Å². The predicted molar refractivity (Wildman–Crippen MR) is 138 cm³/mol. The Kier molecular flexibility index (Phi) is 7.98. The van der Waals surface area contributed by atoms with Gasteiger partial charge in [-0.1, -0.05) is 60.7 Å². The van der Waals surface area contributed by atoms with Crippen LogP contribution in [0.5, 0.6) is 0 Å². The molecule has 0 radical (unpaired) electrons. The summed E-state index contributed by atoms with van der Waals surface area (Å²) in [6.07, 6.45) is 0.732. The first-order valence-electron chi connectivity index (χ1n) is 11.1. The van der Waals surface area contributed by atoms with Crippen LogP contribution in [0, 0.1) is 0 Å². The molecule has 0 spiro atoms. The van der Waals surface area contributed by atoms with Crippen molar-refractivity contribution in [2.24, 2.45) is 0 Å². The number of nitrogens with one attached hydrogen (secondary N) is 3. The third-order valence-corrected chi connectivity index (χ3v) is 5.94. The largest absolute Gasteiger partial charge is 0.352 e. The molecule has 0 aliphatic rings. The van der Waals surface area contributed by atoms with Gasteiger partial charge in [-0.2, -0.15) is 0 Å². The zero-order chi connectivity index (χ0) is 24.5. The van der Waals surface area contributed by atoms with Crippen LogP contribution in [0.2, 0.25) is 0 Å². The van der Waals surface area contributed by atoms with Crippen LogP contribution in [-0.2, 0) is 17.6 Å². The number of thiazole rings is 1. The summed E-state index contributed by atoms with van der Waals surface area (Å²) in [5.41, 5.74) is 3.02. The van der Waals surface area contributed by atoms with Gasteiger partial charge in [0.2, 0.25) is 5.91 Å². The molecule has 0 unspecified atom stereocenters. The van der Waals surface area contributed by atoms with E-state index in [-0.39, 0.29) is 24.1 Å². The summed E-state index contributed by atoms with van der Waals surface area (Å²) in [6, 6.07) is 25.6. The van der Waals surface area contributed by atoms with Crippen LogP contribution in [0.1, 0.15) is 32.0 Å². The van der Waals surface area contributed by atoms with E-state index in [1.54, 1.807) is 53.9 Å². The zero-order valence-electron chi connectivity index (χ0n) is 18.9. The summed E-state index contributed by atoms with van der Waals surface area (Å²) in [5, 5.41) is 10.6. The number of rotatable bonds is 9. The third-order valence-electron chi connectivity index (χ3n) is 5.14. The van der Waals surface area contributed by atoms with Crippen LogP contribution in [0.3, 0.4) is 0 Å². The number of para-hydroxylation sites is 1. The highest BCUT2D eigenvalue weighted by atomic mass is 32.1. The van der Waals surface area contributed by atoms with Gasteiger partial charge in [-0.05, 0) is 36.2 Å². The van der Waals surface area contributed by atoms with Crippen molar-refractivity contribution in [3.8, 4) is 0 Å². The standard InChI is InChI=1S/C27H24N4O3S/c32-24(17-21-18-35-27(29-21)31-25(33)20-11-5-2-6-12-20)30-23-14-8-7-13-22(23)26(34)28-16-15-19-9-3-1-4-10-19/h1-14,18H,15-17H2,(H,28,34)(H,30,32)(H,29,31,33). The van der Waals surface area contributed by atoms with E-state index in [9.17, 15) is 14.4 Å². The predicted octanol–water partition coefficient (Wildman–Crippen LogP) is 4.55. The number of amides is 3. The maximum absolute atomic E-state index is 12.7. The lowest BCUT2D eigenvalue weighted by atomic mass is 10.1. The Morgan fingerprint density at radius 1 is 0.771 bits per heavy atom. The SMILES string of the molecule is O=C(Cc1csc(NC(=O)c2ccccc2)n1)Nc1ccccc1C(=O)NCCc1ccccc1. The molecular formula is C27H24N4O3S. The summed E-state index contributed by atoms with van der Waals surface area (Å²) in [7, 11) is 0. The molecule has 176 valence electrons. The lowest BCUT2D eigenvalue weighted by Gasteiger charge is -2.11. The van der Waals surface area contributed by atoms with E-state index < -0.39 is 0 Å². The number of carbonyl (C=O) groups is 3. The minimum absolute atomic E-state index is 0.0155. The Labute approximate surface area is 207 Å². The summed E-state index contributed by atoms with van der Waals surface area (Å²) in [5.74, 6) is -0.819. The van der Waals surface area contributed by atoms with Crippen molar-refractivity contribution >= 4 is 39.9 Å². The number of hydrogen-bond acceptors (Lipinski definition) is 5. The molecule has 0 saturated carbocycles. The van der Waals surface area contributed by atoms with Gasteiger partial charge in [0.1, 0.15) is 0 Å². The molecule has 4 aromatic rings. The van der Waals surface area contributed by atoms with Crippen molar-refractivity contribution < 1.29 is 14.4 Å². The number of hydrogen-bond donors (Lipinski definition) is 3. The molecule has 3 aromatic carbocycles. The first kappa shape index (κ1) is 23.8. The van der Waals surface area contributed by atoms with Crippen LogP contribution in [0.25, 0.3) is 0 Å². The lowest BCUT2D eigenvalue weighted by Crippen LogP contribution is -2.27. The number of aromatic nitrogens is 1. The maximum atomic E-state index is 12.7. The van der Waals surface area contributed by atoms with E-state index in [1.807, 2.05) is 36.4 Å². The normalized spacial score (nSPS) is 10.4. The minimum Gasteiger partial charge on any atom is -0.352 e. The van der Waals surface area contributed by atoms with Crippen molar-refractivity contribution in [2.45, 2.75) is 12.8 Å². The zero-order valence-corrected chi connectivity index (χ0v) is 19.7. The van der Waals surface area contributed by atoms with Crippen molar-refractivity contribution in [3.63, 3.8) is 0 Å². The molecule has 0 aliphatic carbocycles. The summed E-state index contributed by atoms with van der Waals surface area (Å²) < 4.78 is 0. The van der Waals surface area contributed by atoms with Crippen molar-refractivity contribution in [3.05, 3.63) is 113 Å². The fraction of sp³-hybridized carbons (Fsp3) is 0.111. The molecular weight excluding hydrogens is 460 g/mol. The van der Waals surface area contributed by atoms with E-state index in [0.29, 0.717) is 40.6 Å². The first-order valence-corrected chi connectivity index (χ1v) is 12.0. The van der Waals surface area contributed by atoms with E-state index >= 15 is 0 Å². The van der Waals surface area contributed by atoms with Crippen LogP contribution < -0.4 is 16.0 Å². The van der Waals surface area contributed by atoms with Crippen LogP contribution >= 0.6 is 11.3 Å². The summed E-state index contributed by atoms with van der Waals surface area (Å²) in [6.45, 7) is 0.488. The molecule has 4 rings (SSSR count). The second kappa shape index (κ2) is 11.7. The average Bonchev–Trinajstić information content (AvgIpc) is 3.31. The second-order valence-corrected chi connectivity index (χ2v) is 8.58. The van der Waals surface area contributed by atoms with E-state index in [4.69, 9.17) is 0 Å². The molecule has 3 amide bonds. The summed E-state index contributed by atoms with van der Waals surface area (Å²) in [4.78, 5) is 42.0. The first-order chi connectivity index (χ1) is 17.1. The Bertz CT molecular complexity index is 1310. The molecule has 35 heavy (non-hydrogen) atoms. The van der Waals surface area contributed by atoms with E-state index in [2.05, 4.69) is 20.9 Å². The van der Waals surface area contributed by atoms with Gasteiger partial charge in [0.05, 0.1) is 23.4 Å². The highest BCUT2D eigenvalue weighted by molar-refractivity contribution is 7.14. The Hall–Kier alpha value is -4.30. The van der Waals surface area contributed by atoms with Gasteiger partial charge < -0.3 is 10.6 Å². The van der Waals surface area contributed by atoms with Crippen LogP contribution in [-0.4, -0.2) is 29.3 Å². The highest BCUT2D eigenvalue weighted by Crippen LogP contribution is 2.19. The Balaban J connectivity index is 1.31. The average molecular weight is 485 g/mol. The number of nitrogens with zero attached hydrogens (tertiary/aromatic N) is 1. The molecule has 3 N–H and O–H groups in total. The quantitative estimate of drug-likeness (QED) is 0.325. The molecule has 0 saturated heterocycles. The van der Waals surface area contributed by atoms with Crippen molar-refractivity contribution in [2.75, 3.05) is 17.2 Å². The monoisotopic (exact) mass is 484 g/mol. The number of benzene rings is 3. The van der Waals surface area contributed by atoms with Crippen molar-refractivity contribution in [1.29, 1.82) is 0 Å². The topological polar surface area (TPSA) is 100 Å². The highest BCUT2D eigenvalue weighted by Gasteiger charge is 2.15. The Morgan fingerprint density at radius 2 is 1.46 bits per heavy atom. The second-order valence-electron chi connectivity index (χ2n) is 7.73. The number of carbonyl (C=O) groups excluding carboxylic acids is 3. The van der Waals surface area contributed by atoms with Gasteiger partial charge in [-0.3, -0.25) is 19.7 Å². The lowest BCUT2D eigenvalue weighted by molar-refractivity contribution is -0.115. The molecule has 1 aromatic heterocycles. The molecule has 0 aliphatic heterocycles. The van der Waals surface area contributed by atoms with E-state index in [1.165, 1.54) is 11.3 Å². The molecule has 1 heterocycles. The molecule has 8 heteroatoms. The van der Waals surface area contributed by atoms with Gasteiger partial charge in [-0.25, -0.2) is 4.98 Å².